The molecule has 5 nitrogen and oxygen atoms in total. The molecule has 0 aromatic heterocycles. The first kappa shape index (κ1) is 17.5. The van der Waals surface area contributed by atoms with E-state index in [1.54, 1.807) is 0 Å². The lowest BCUT2D eigenvalue weighted by Crippen LogP contribution is -2.62. The molecule has 0 unspecified atom stereocenters. The van der Waals surface area contributed by atoms with Crippen LogP contribution >= 0.6 is 0 Å². The lowest BCUT2D eigenvalue weighted by Gasteiger charge is -2.46. The second-order valence-electron chi connectivity index (χ2n) is 6.62. The Bertz CT molecular complexity index is 547. The zero-order chi connectivity index (χ0) is 17.2. The van der Waals surface area contributed by atoms with Crippen molar-refractivity contribution in [1.29, 1.82) is 0 Å². The minimum absolute atomic E-state index is 0.00341. The van der Waals surface area contributed by atoms with Crippen LogP contribution < -0.4 is 4.74 Å². The van der Waals surface area contributed by atoms with Gasteiger partial charge in [-0.05, 0) is 19.3 Å². The van der Waals surface area contributed by atoms with Crippen LogP contribution in [-0.2, 0) is 4.74 Å². The van der Waals surface area contributed by atoms with E-state index in [2.05, 4.69) is 4.90 Å². The highest BCUT2D eigenvalue weighted by molar-refractivity contribution is 5.24. The van der Waals surface area contributed by atoms with Crippen LogP contribution in [0, 0.1) is 11.6 Å². The number of hydrogen-bond donors (Lipinski definition) is 2. The van der Waals surface area contributed by atoms with Gasteiger partial charge in [-0.3, -0.25) is 4.90 Å². The SMILES string of the molecule is O[C@H]1CCN(C2CCOCC2)C[C@]1(O)COc1cc(F)cc(F)c1. The summed E-state index contributed by atoms with van der Waals surface area (Å²) in [6.45, 7) is 2.12. The second kappa shape index (κ2) is 7.31. The maximum Gasteiger partial charge on any atom is 0.137 e. The molecule has 1 aromatic carbocycles. The third-order valence-corrected chi connectivity index (χ3v) is 4.82. The van der Waals surface area contributed by atoms with Crippen LogP contribution in [-0.4, -0.2) is 65.8 Å². The average molecular weight is 343 g/mol. The highest BCUT2D eigenvalue weighted by Gasteiger charge is 2.43. The average Bonchev–Trinajstić information content (AvgIpc) is 2.56. The lowest BCUT2D eigenvalue weighted by atomic mass is 9.88. The molecule has 2 heterocycles. The summed E-state index contributed by atoms with van der Waals surface area (Å²) in [7, 11) is 0. The molecule has 2 saturated heterocycles. The van der Waals surface area contributed by atoms with Crippen LogP contribution in [0.2, 0.25) is 0 Å². The van der Waals surface area contributed by atoms with Crippen LogP contribution in [0.4, 0.5) is 8.78 Å². The molecule has 3 rings (SSSR count). The van der Waals surface area contributed by atoms with Gasteiger partial charge in [0.15, 0.2) is 0 Å². The molecule has 0 spiro atoms. The molecule has 134 valence electrons. The molecular formula is C17H23F2NO4. The van der Waals surface area contributed by atoms with Gasteiger partial charge in [-0.25, -0.2) is 8.78 Å². The minimum atomic E-state index is -1.47. The molecule has 2 aliphatic heterocycles. The van der Waals surface area contributed by atoms with Crippen LogP contribution in [0.15, 0.2) is 18.2 Å². The van der Waals surface area contributed by atoms with Gasteiger partial charge < -0.3 is 19.7 Å². The zero-order valence-electron chi connectivity index (χ0n) is 13.5. The molecule has 0 amide bonds. The first-order chi connectivity index (χ1) is 11.5. The number of benzene rings is 1. The van der Waals surface area contributed by atoms with Crippen molar-refractivity contribution in [3.63, 3.8) is 0 Å². The lowest BCUT2D eigenvalue weighted by molar-refractivity contribution is -0.149. The van der Waals surface area contributed by atoms with Gasteiger partial charge in [-0.1, -0.05) is 0 Å². The third kappa shape index (κ3) is 4.03. The highest BCUT2D eigenvalue weighted by atomic mass is 19.1. The van der Waals surface area contributed by atoms with Crippen molar-refractivity contribution < 1.29 is 28.5 Å². The van der Waals surface area contributed by atoms with E-state index in [9.17, 15) is 19.0 Å². The van der Waals surface area contributed by atoms with Gasteiger partial charge >= 0.3 is 0 Å². The van der Waals surface area contributed by atoms with Gasteiger partial charge in [0, 0.05) is 50.5 Å². The van der Waals surface area contributed by atoms with E-state index in [1.165, 1.54) is 0 Å². The Morgan fingerprint density at radius 2 is 1.83 bits per heavy atom. The molecule has 2 atom stereocenters. The number of aliphatic hydroxyl groups excluding tert-OH is 1. The Hall–Kier alpha value is -1.28. The number of β-amino-alcohol motifs (C(OH)–C–C–N with tert-alkyl or cyclic N) is 1. The first-order valence-electron chi connectivity index (χ1n) is 8.27. The molecule has 1 aromatic rings. The van der Waals surface area contributed by atoms with E-state index in [1.807, 2.05) is 0 Å². The third-order valence-electron chi connectivity index (χ3n) is 4.82. The number of piperidine rings is 1. The molecular weight excluding hydrogens is 320 g/mol. The number of rotatable bonds is 4. The van der Waals surface area contributed by atoms with Crippen molar-refractivity contribution in [2.45, 2.75) is 37.0 Å². The minimum Gasteiger partial charge on any atom is -0.490 e. The van der Waals surface area contributed by atoms with E-state index in [-0.39, 0.29) is 18.9 Å². The number of nitrogens with zero attached hydrogens (tertiary/aromatic N) is 1. The van der Waals surface area contributed by atoms with Crippen molar-refractivity contribution in [1.82, 2.24) is 4.90 Å². The summed E-state index contributed by atoms with van der Waals surface area (Å²) in [4.78, 5) is 2.14. The van der Waals surface area contributed by atoms with E-state index in [0.717, 1.165) is 31.0 Å². The second-order valence-corrected chi connectivity index (χ2v) is 6.62. The van der Waals surface area contributed by atoms with Crippen LogP contribution in [0.5, 0.6) is 5.75 Å². The predicted molar refractivity (Wildman–Crippen MR) is 82.8 cm³/mol. The maximum atomic E-state index is 13.2. The Morgan fingerprint density at radius 3 is 2.50 bits per heavy atom. The standard InChI is InChI=1S/C17H23F2NO4/c18-12-7-13(19)9-15(8-12)24-11-17(22)10-20(4-1-16(17)21)14-2-5-23-6-3-14/h7-9,14,16,21-22H,1-6,10-11H2/t16-,17-/m0/s1. The normalized spacial score (nSPS) is 29.6. The smallest absolute Gasteiger partial charge is 0.137 e. The fourth-order valence-corrected chi connectivity index (χ4v) is 3.42. The van der Waals surface area contributed by atoms with Gasteiger partial charge in [0.2, 0.25) is 0 Å². The van der Waals surface area contributed by atoms with E-state index in [4.69, 9.17) is 9.47 Å². The molecule has 2 N–H and O–H groups in total. The fraction of sp³-hybridized carbons (Fsp3) is 0.647. The molecule has 24 heavy (non-hydrogen) atoms. The van der Waals surface area contributed by atoms with E-state index < -0.39 is 23.3 Å². The van der Waals surface area contributed by atoms with E-state index in [0.29, 0.717) is 32.2 Å². The van der Waals surface area contributed by atoms with Crippen molar-refractivity contribution in [2.24, 2.45) is 0 Å². The summed E-state index contributed by atoms with van der Waals surface area (Å²) in [5.41, 5.74) is -1.47. The van der Waals surface area contributed by atoms with Crippen LogP contribution in [0.3, 0.4) is 0 Å². The largest absolute Gasteiger partial charge is 0.490 e. The van der Waals surface area contributed by atoms with Gasteiger partial charge in [0.1, 0.15) is 29.6 Å². The topological polar surface area (TPSA) is 62.2 Å². The number of hydrogen-bond acceptors (Lipinski definition) is 5. The van der Waals surface area contributed by atoms with Gasteiger partial charge in [0.05, 0.1) is 6.10 Å². The molecule has 0 aliphatic carbocycles. The number of halogens is 2. The monoisotopic (exact) mass is 343 g/mol. The summed E-state index contributed by atoms with van der Waals surface area (Å²) < 4.78 is 37.2. The van der Waals surface area contributed by atoms with Gasteiger partial charge in [-0.2, -0.15) is 0 Å². The summed E-state index contributed by atoms with van der Waals surface area (Å²) >= 11 is 0. The molecule has 0 bridgehead atoms. The van der Waals surface area contributed by atoms with Crippen LogP contribution in [0.25, 0.3) is 0 Å². The quantitative estimate of drug-likeness (QED) is 0.863. The van der Waals surface area contributed by atoms with E-state index >= 15 is 0 Å². The molecule has 0 radical (unpaired) electrons. The van der Waals surface area contributed by atoms with Crippen molar-refractivity contribution >= 4 is 0 Å². The fourth-order valence-electron chi connectivity index (χ4n) is 3.42. The van der Waals surface area contributed by atoms with Gasteiger partial charge in [0.25, 0.3) is 0 Å². The van der Waals surface area contributed by atoms with Gasteiger partial charge in [-0.15, -0.1) is 0 Å². The summed E-state index contributed by atoms with van der Waals surface area (Å²) in [5.74, 6) is -1.49. The van der Waals surface area contributed by atoms with Crippen molar-refractivity contribution in [3.05, 3.63) is 29.8 Å². The Balaban J connectivity index is 1.64. The number of likely N-dealkylation sites (tertiary alicyclic amines) is 1. The Morgan fingerprint density at radius 1 is 1.17 bits per heavy atom. The molecule has 0 saturated carbocycles. The molecule has 2 fully saturated rings. The maximum absolute atomic E-state index is 13.2. The summed E-state index contributed by atoms with van der Waals surface area (Å²) in [6, 6.07) is 3.17. The molecule has 7 heteroatoms. The predicted octanol–water partition coefficient (Wildman–Crippen LogP) is 1.32. The zero-order valence-corrected chi connectivity index (χ0v) is 13.5. The van der Waals surface area contributed by atoms with Crippen LogP contribution in [0.1, 0.15) is 19.3 Å². The molecule has 2 aliphatic rings. The van der Waals surface area contributed by atoms with Crippen molar-refractivity contribution in [2.75, 3.05) is 32.9 Å². The number of ether oxygens (including phenoxy) is 2. The van der Waals surface area contributed by atoms with Crippen molar-refractivity contribution in [3.8, 4) is 5.75 Å². The number of aliphatic hydroxyl groups is 2. The first-order valence-corrected chi connectivity index (χ1v) is 8.27. The summed E-state index contributed by atoms with van der Waals surface area (Å²) in [6.07, 6.45) is 1.27. The Kier molecular flexibility index (Phi) is 5.34. The highest BCUT2D eigenvalue weighted by Crippen LogP contribution is 2.27. The Labute approximate surface area is 139 Å². The summed E-state index contributed by atoms with van der Waals surface area (Å²) in [5, 5.41) is 21.0.